The highest BCUT2D eigenvalue weighted by atomic mass is 35.5. The van der Waals surface area contributed by atoms with Crippen LogP contribution in [0.2, 0.25) is 10.0 Å². The Kier molecular flexibility index (Phi) is 13.1. The van der Waals surface area contributed by atoms with Gasteiger partial charge < -0.3 is 9.80 Å². The van der Waals surface area contributed by atoms with Gasteiger partial charge in [0.1, 0.15) is 0 Å². The van der Waals surface area contributed by atoms with E-state index >= 15 is 0 Å². The predicted octanol–water partition coefficient (Wildman–Crippen LogP) is 15.2. The van der Waals surface area contributed by atoms with Crippen LogP contribution in [0.1, 0.15) is 62.8 Å². The first-order valence-electron chi connectivity index (χ1n) is 21.8. The number of rotatable bonds is 14. The van der Waals surface area contributed by atoms with E-state index in [4.69, 9.17) is 28.2 Å². The third-order valence-electron chi connectivity index (χ3n) is 12.4. The van der Waals surface area contributed by atoms with E-state index in [0.717, 1.165) is 64.9 Å². The molecule has 0 atom stereocenters. The molecule has 0 unspecified atom stereocenters. The monoisotopic (exact) mass is 851 g/mol. The molecule has 3 nitrogen and oxygen atoms in total. The summed E-state index contributed by atoms with van der Waals surface area (Å²) >= 11 is 13.3. The minimum atomic E-state index is -0.395. The van der Waals surface area contributed by atoms with Crippen LogP contribution in [0.25, 0.3) is 0 Å². The zero-order chi connectivity index (χ0) is 43.1. The number of para-hydroxylation sites is 2. The van der Waals surface area contributed by atoms with Crippen LogP contribution in [0.3, 0.4) is 0 Å². The lowest BCUT2D eigenvalue weighted by Crippen LogP contribution is -2.28. The number of halogens is 2. The standard InChI is InChI=1S/C57H55Cl2N3/c1-56(2,46-22-17-23-47(58)40-46)53(60-38-36-42-18-9-5-10-19-42)34-30-44-28-29-45(55(44)62(49-24-13-7-14-25-49)50-26-15-8-16-27-50)31-35-54-57(3,4)51-41-48(59)32-33-52(51)61(54)39-37-43-20-11-6-12-21-43/h5-27,30-35,40-41H,28-29,36-39H2,1-4H3/b34-30+,45-31+,54-35+,60-53?. The van der Waals surface area contributed by atoms with Crippen molar-refractivity contribution in [2.24, 2.45) is 4.99 Å². The van der Waals surface area contributed by atoms with Crippen LogP contribution in [0.5, 0.6) is 0 Å². The van der Waals surface area contributed by atoms with Crippen LogP contribution >= 0.6 is 23.2 Å². The summed E-state index contributed by atoms with van der Waals surface area (Å²) in [5.74, 6) is 0. The molecule has 0 N–H and O–H groups in total. The minimum Gasteiger partial charge on any atom is -0.344 e. The van der Waals surface area contributed by atoms with Gasteiger partial charge in [0, 0.05) is 62.4 Å². The lowest BCUT2D eigenvalue weighted by Gasteiger charge is -2.29. The highest BCUT2D eigenvalue weighted by molar-refractivity contribution is 6.31. The first-order chi connectivity index (χ1) is 30.1. The lowest BCUT2D eigenvalue weighted by atomic mass is 9.79. The van der Waals surface area contributed by atoms with E-state index < -0.39 is 5.41 Å². The third-order valence-corrected chi connectivity index (χ3v) is 12.9. The van der Waals surface area contributed by atoms with E-state index in [1.54, 1.807) is 0 Å². The van der Waals surface area contributed by atoms with Gasteiger partial charge in [-0.2, -0.15) is 0 Å². The van der Waals surface area contributed by atoms with Gasteiger partial charge in [-0.15, -0.1) is 0 Å². The summed E-state index contributed by atoms with van der Waals surface area (Å²) in [6, 6.07) is 57.5. The smallest absolute Gasteiger partial charge is 0.0525 e. The Hall–Kier alpha value is -5.87. The number of hydrogen-bond donors (Lipinski definition) is 0. The van der Waals surface area contributed by atoms with Crippen molar-refractivity contribution in [3.63, 3.8) is 0 Å². The summed E-state index contributed by atoms with van der Waals surface area (Å²) in [7, 11) is 0. The number of anilines is 3. The maximum Gasteiger partial charge on any atom is 0.0525 e. The number of allylic oxidation sites excluding steroid dienone is 7. The second-order valence-electron chi connectivity index (χ2n) is 17.3. The summed E-state index contributed by atoms with van der Waals surface area (Å²) in [5.41, 5.74) is 13.8. The largest absolute Gasteiger partial charge is 0.344 e. The first kappa shape index (κ1) is 42.8. The van der Waals surface area contributed by atoms with Gasteiger partial charge in [-0.25, -0.2) is 0 Å². The van der Waals surface area contributed by atoms with Gasteiger partial charge in [0.2, 0.25) is 0 Å². The van der Waals surface area contributed by atoms with Crippen molar-refractivity contribution in [2.45, 2.75) is 64.2 Å². The van der Waals surface area contributed by atoms with Crippen molar-refractivity contribution in [2.75, 3.05) is 22.9 Å². The average molecular weight is 853 g/mol. The van der Waals surface area contributed by atoms with E-state index in [2.05, 4.69) is 207 Å². The Morgan fingerprint density at radius 2 is 1.27 bits per heavy atom. The van der Waals surface area contributed by atoms with E-state index in [1.165, 1.54) is 44.9 Å². The molecule has 0 fully saturated rings. The summed E-state index contributed by atoms with van der Waals surface area (Å²) in [5, 5.41) is 1.49. The highest BCUT2D eigenvalue weighted by Crippen LogP contribution is 2.49. The molecule has 0 amide bonds. The van der Waals surface area contributed by atoms with Crippen LogP contribution in [0.15, 0.2) is 216 Å². The molecule has 0 saturated heterocycles. The van der Waals surface area contributed by atoms with E-state index in [9.17, 15) is 0 Å². The quantitative estimate of drug-likeness (QED) is 0.102. The molecular formula is C57H55Cl2N3. The molecule has 0 spiro atoms. The minimum absolute atomic E-state index is 0.255. The first-order valence-corrected chi connectivity index (χ1v) is 22.5. The molecule has 312 valence electrons. The summed E-state index contributed by atoms with van der Waals surface area (Å²) in [6.07, 6.45) is 13.0. The van der Waals surface area contributed by atoms with Crippen LogP contribution in [-0.2, 0) is 23.7 Å². The molecule has 0 aromatic heterocycles. The van der Waals surface area contributed by atoms with Crippen molar-refractivity contribution in [3.8, 4) is 0 Å². The van der Waals surface area contributed by atoms with Crippen LogP contribution < -0.4 is 9.80 Å². The maximum atomic E-state index is 6.68. The molecule has 1 aliphatic heterocycles. The number of fused-ring (bicyclic) bond motifs is 1. The zero-order valence-electron chi connectivity index (χ0n) is 36.2. The maximum absolute atomic E-state index is 6.68. The van der Waals surface area contributed by atoms with Gasteiger partial charge in [-0.1, -0.05) is 172 Å². The van der Waals surface area contributed by atoms with Gasteiger partial charge in [-0.3, -0.25) is 4.99 Å². The van der Waals surface area contributed by atoms with Crippen molar-refractivity contribution in [1.82, 2.24) is 0 Å². The van der Waals surface area contributed by atoms with Crippen LogP contribution in [-0.4, -0.2) is 18.8 Å². The molecule has 0 saturated carbocycles. The molecule has 0 radical (unpaired) electrons. The van der Waals surface area contributed by atoms with E-state index in [0.29, 0.717) is 6.54 Å². The Balaban J connectivity index is 1.25. The van der Waals surface area contributed by atoms with Gasteiger partial charge in [0.15, 0.2) is 0 Å². The molecule has 5 heteroatoms. The second-order valence-corrected chi connectivity index (χ2v) is 18.1. The molecular weight excluding hydrogens is 798 g/mol. The van der Waals surface area contributed by atoms with E-state index in [1.807, 2.05) is 18.2 Å². The molecule has 6 aromatic rings. The Morgan fingerprint density at radius 1 is 0.677 bits per heavy atom. The molecule has 1 aliphatic carbocycles. The second kappa shape index (κ2) is 19.0. The summed E-state index contributed by atoms with van der Waals surface area (Å²) in [6.45, 7) is 10.7. The molecule has 0 bridgehead atoms. The van der Waals surface area contributed by atoms with Crippen molar-refractivity contribution in [3.05, 3.63) is 243 Å². The summed E-state index contributed by atoms with van der Waals surface area (Å²) < 4.78 is 0. The number of benzene rings is 6. The molecule has 6 aromatic carbocycles. The average Bonchev–Trinajstić information content (AvgIpc) is 3.77. The van der Waals surface area contributed by atoms with Crippen molar-refractivity contribution < 1.29 is 0 Å². The fourth-order valence-corrected chi connectivity index (χ4v) is 9.32. The molecule has 62 heavy (non-hydrogen) atoms. The fourth-order valence-electron chi connectivity index (χ4n) is 8.95. The number of nitrogens with zero attached hydrogens (tertiary/aromatic N) is 3. The molecule has 1 heterocycles. The van der Waals surface area contributed by atoms with Gasteiger partial charge in [-0.05, 0) is 126 Å². The van der Waals surface area contributed by atoms with E-state index in [-0.39, 0.29) is 5.41 Å². The number of aliphatic imine (C=N–C) groups is 1. The van der Waals surface area contributed by atoms with Crippen LogP contribution in [0, 0.1) is 0 Å². The van der Waals surface area contributed by atoms with Gasteiger partial charge in [0.25, 0.3) is 0 Å². The number of hydrogen-bond acceptors (Lipinski definition) is 3. The SMILES string of the molecule is CC(C)(C(/C=C/C1=C(N(c2ccccc2)c2ccccc2)C(=C/C=C2/N(CCc3ccccc3)c3ccc(Cl)cc3C2(C)C)/CC1)=NCCc1ccccc1)c1cccc(Cl)c1. The lowest BCUT2D eigenvalue weighted by molar-refractivity contribution is 0.630. The van der Waals surface area contributed by atoms with Crippen molar-refractivity contribution >= 4 is 46.0 Å². The predicted molar refractivity (Wildman–Crippen MR) is 265 cm³/mol. The normalized spacial score (nSPS) is 16.5. The highest BCUT2D eigenvalue weighted by Gasteiger charge is 2.40. The van der Waals surface area contributed by atoms with Crippen molar-refractivity contribution in [1.29, 1.82) is 0 Å². The topological polar surface area (TPSA) is 18.8 Å². The van der Waals surface area contributed by atoms with Gasteiger partial charge in [0.05, 0.1) is 5.70 Å². The Bertz CT molecular complexity index is 2600. The van der Waals surface area contributed by atoms with Gasteiger partial charge >= 0.3 is 0 Å². The summed E-state index contributed by atoms with van der Waals surface area (Å²) in [4.78, 5) is 10.3. The molecule has 2 aliphatic rings. The zero-order valence-corrected chi connectivity index (χ0v) is 37.7. The third kappa shape index (κ3) is 9.45. The Morgan fingerprint density at radius 3 is 1.90 bits per heavy atom. The fraction of sp³-hybridized carbons (Fsp3) is 0.211. The van der Waals surface area contributed by atoms with Crippen LogP contribution in [0.4, 0.5) is 17.1 Å². The Labute approximate surface area is 379 Å². The molecule has 8 rings (SSSR count).